The molecule has 7 nitrogen and oxygen atoms in total. The zero-order valence-corrected chi connectivity index (χ0v) is 16.5. The van der Waals surface area contributed by atoms with Crippen molar-refractivity contribution in [3.63, 3.8) is 0 Å². The summed E-state index contributed by atoms with van der Waals surface area (Å²) >= 11 is 0. The fourth-order valence-electron chi connectivity index (χ4n) is 3.14. The maximum absolute atomic E-state index is 12.7. The summed E-state index contributed by atoms with van der Waals surface area (Å²) in [5.41, 5.74) is 0.0827. The van der Waals surface area contributed by atoms with Gasteiger partial charge in [0, 0.05) is 5.56 Å². The molecule has 1 N–H and O–H groups in total. The topological polar surface area (TPSA) is 87.9 Å². The molecular weight excluding hydrogens is 411 g/mol. The van der Waals surface area contributed by atoms with E-state index in [0.717, 1.165) is 12.1 Å². The van der Waals surface area contributed by atoms with E-state index in [0.29, 0.717) is 47.8 Å². The Hall–Kier alpha value is -3.53. The number of aromatic amines is 1. The van der Waals surface area contributed by atoms with Gasteiger partial charge in [-0.2, -0.15) is 18.2 Å². The van der Waals surface area contributed by atoms with E-state index < -0.39 is 11.7 Å². The third kappa shape index (κ3) is 4.64. The minimum Gasteiger partial charge on any atom is -0.338 e. The van der Waals surface area contributed by atoms with Gasteiger partial charge in [0.2, 0.25) is 11.7 Å². The maximum Gasteiger partial charge on any atom is 0.416 e. The van der Waals surface area contributed by atoms with Crippen LogP contribution in [-0.2, 0) is 19.3 Å². The molecule has 0 saturated carbocycles. The fourth-order valence-corrected chi connectivity index (χ4v) is 3.14. The molecule has 2 aromatic carbocycles. The van der Waals surface area contributed by atoms with Crippen molar-refractivity contribution in [3.05, 3.63) is 76.2 Å². The van der Waals surface area contributed by atoms with Gasteiger partial charge in [-0.1, -0.05) is 36.3 Å². The molecule has 0 aliphatic carbocycles. The lowest BCUT2D eigenvalue weighted by molar-refractivity contribution is -0.137. The molecule has 0 bridgehead atoms. The molecule has 0 aliphatic heterocycles. The summed E-state index contributed by atoms with van der Waals surface area (Å²) in [4.78, 5) is 25.7. The van der Waals surface area contributed by atoms with E-state index >= 15 is 0 Å². The predicted molar refractivity (Wildman–Crippen MR) is 107 cm³/mol. The van der Waals surface area contributed by atoms with Crippen molar-refractivity contribution in [2.45, 2.75) is 26.2 Å². The average Bonchev–Trinajstić information content (AvgIpc) is 3.21. The van der Waals surface area contributed by atoms with E-state index in [4.69, 9.17) is 4.52 Å². The highest BCUT2D eigenvalue weighted by atomic mass is 19.4. The van der Waals surface area contributed by atoms with Gasteiger partial charge in [0.1, 0.15) is 5.82 Å². The highest BCUT2D eigenvalue weighted by Gasteiger charge is 2.30. The maximum atomic E-state index is 12.7. The van der Waals surface area contributed by atoms with Crippen LogP contribution >= 0.6 is 0 Å². The number of H-pyrrole nitrogens is 1. The van der Waals surface area contributed by atoms with E-state index in [1.54, 1.807) is 18.2 Å². The molecule has 0 radical (unpaired) electrons. The first-order valence-corrected chi connectivity index (χ1v) is 9.54. The van der Waals surface area contributed by atoms with Crippen LogP contribution in [0.25, 0.3) is 22.3 Å². The molecule has 0 aliphatic rings. The molecule has 0 unspecified atom stereocenters. The number of hydrogen-bond acceptors (Lipinski definition) is 6. The quantitative estimate of drug-likeness (QED) is 0.498. The summed E-state index contributed by atoms with van der Waals surface area (Å²) < 4.78 is 43.4. The number of hydrogen-bond donors (Lipinski definition) is 1. The van der Waals surface area contributed by atoms with E-state index in [-0.39, 0.29) is 11.4 Å². The Morgan fingerprint density at radius 2 is 1.77 bits per heavy atom. The zero-order chi connectivity index (χ0) is 22.0. The Kier molecular flexibility index (Phi) is 5.55. The van der Waals surface area contributed by atoms with Crippen LogP contribution in [-0.4, -0.2) is 31.6 Å². The molecule has 10 heteroatoms. The molecule has 0 amide bonds. The van der Waals surface area contributed by atoms with Crippen LogP contribution in [0.1, 0.15) is 24.2 Å². The summed E-state index contributed by atoms with van der Waals surface area (Å²) in [6.07, 6.45) is -4.40. The molecule has 2 heterocycles. The van der Waals surface area contributed by atoms with Crippen molar-refractivity contribution in [3.8, 4) is 11.4 Å². The Morgan fingerprint density at radius 3 is 2.48 bits per heavy atom. The number of aromatic nitrogens is 4. The van der Waals surface area contributed by atoms with Crippen LogP contribution in [0.2, 0.25) is 0 Å². The summed E-state index contributed by atoms with van der Waals surface area (Å²) in [6.45, 7) is 3.20. The van der Waals surface area contributed by atoms with Crippen LogP contribution in [0.15, 0.2) is 57.8 Å². The molecule has 31 heavy (non-hydrogen) atoms. The number of nitrogens with one attached hydrogen (secondary N) is 1. The number of rotatable bonds is 6. The minimum atomic E-state index is -4.40. The van der Waals surface area contributed by atoms with E-state index in [1.165, 1.54) is 12.1 Å². The fraction of sp³-hybridized carbons (Fsp3) is 0.238. The second kappa shape index (κ2) is 8.31. The van der Waals surface area contributed by atoms with Crippen molar-refractivity contribution < 1.29 is 17.7 Å². The third-order valence-electron chi connectivity index (χ3n) is 4.78. The van der Waals surface area contributed by atoms with Crippen LogP contribution in [0.5, 0.6) is 0 Å². The second-order valence-corrected chi connectivity index (χ2v) is 6.92. The van der Waals surface area contributed by atoms with Crippen LogP contribution in [0.4, 0.5) is 13.2 Å². The van der Waals surface area contributed by atoms with Crippen molar-refractivity contribution in [1.29, 1.82) is 0 Å². The first-order chi connectivity index (χ1) is 14.8. The summed E-state index contributed by atoms with van der Waals surface area (Å²) in [6, 6.07) is 11.6. The lowest BCUT2D eigenvalue weighted by Crippen LogP contribution is -2.25. The number of halogens is 3. The number of benzene rings is 2. The van der Waals surface area contributed by atoms with Crippen LogP contribution in [0, 0.1) is 0 Å². The Labute approximate surface area is 174 Å². The molecular formula is C21H18F3N5O2. The van der Waals surface area contributed by atoms with Gasteiger partial charge in [-0.3, -0.25) is 9.69 Å². The molecule has 0 atom stereocenters. The molecule has 4 rings (SSSR count). The predicted octanol–water partition coefficient (Wildman–Crippen LogP) is 4.01. The highest BCUT2D eigenvalue weighted by molar-refractivity contribution is 5.77. The van der Waals surface area contributed by atoms with Crippen molar-refractivity contribution in [2.75, 3.05) is 6.54 Å². The number of para-hydroxylation sites is 1. The van der Waals surface area contributed by atoms with Gasteiger partial charge in [-0.05, 0) is 30.8 Å². The number of fused-ring (bicyclic) bond motifs is 1. The van der Waals surface area contributed by atoms with Crippen LogP contribution in [0.3, 0.4) is 0 Å². The van der Waals surface area contributed by atoms with E-state index in [1.807, 2.05) is 17.9 Å². The monoisotopic (exact) mass is 429 g/mol. The van der Waals surface area contributed by atoms with Gasteiger partial charge < -0.3 is 9.51 Å². The molecule has 0 spiro atoms. The minimum absolute atomic E-state index is 0.206. The van der Waals surface area contributed by atoms with Gasteiger partial charge in [-0.15, -0.1) is 0 Å². The van der Waals surface area contributed by atoms with Gasteiger partial charge in [0.15, 0.2) is 0 Å². The normalized spacial score (nSPS) is 12.0. The molecule has 0 fully saturated rings. The van der Waals surface area contributed by atoms with Crippen molar-refractivity contribution in [1.82, 2.24) is 25.0 Å². The van der Waals surface area contributed by atoms with Gasteiger partial charge in [0.05, 0.1) is 29.6 Å². The van der Waals surface area contributed by atoms with E-state index in [2.05, 4.69) is 20.1 Å². The average molecular weight is 429 g/mol. The lowest BCUT2D eigenvalue weighted by Gasteiger charge is -2.17. The smallest absolute Gasteiger partial charge is 0.338 e. The van der Waals surface area contributed by atoms with Gasteiger partial charge in [-0.25, -0.2) is 4.98 Å². The van der Waals surface area contributed by atoms with Crippen LogP contribution < -0.4 is 5.56 Å². The van der Waals surface area contributed by atoms with Crippen molar-refractivity contribution in [2.24, 2.45) is 0 Å². The van der Waals surface area contributed by atoms with Gasteiger partial charge in [0.25, 0.3) is 5.56 Å². The number of alkyl halides is 3. The summed E-state index contributed by atoms with van der Waals surface area (Å²) in [7, 11) is 0. The number of nitrogens with zero attached hydrogens (tertiary/aromatic N) is 4. The highest BCUT2D eigenvalue weighted by Crippen LogP contribution is 2.30. The van der Waals surface area contributed by atoms with E-state index in [9.17, 15) is 18.0 Å². The molecule has 4 aromatic rings. The first kappa shape index (κ1) is 20.7. The molecule has 160 valence electrons. The largest absolute Gasteiger partial charge is 0.416 e. The Balaban J connectivity index is 1.49. The SMILES string of the molecule is CCN(Cc1nc2ccccc2c(=O)[nH]1)Cc1nc(-c2ccc(C(F)(F)F)cc2)no1. The Bertz CT molecular complexity index is 1250. The zero-order valence-electron chi connectivity index (χ0n) is 16.5. The second-order valence-electron chi connectivity index (χ2n) is 6.92. The van der Waals surface area contributed by atoms with Gasteiger partial charge >= 0.3 is 6.18 Å². The Morgan fingerprint density at radius 1 is 1.03 bits per heavy atom. The summed E-state index contributed by atoms with van der Waals surface area (Å²) in [5.74, 6) is 1.02. The molecule has 0 saturated heterocycles. The lowest BCUT2D eigenvalue weighted by atomic mass is 10.1. The standard InChI is InChI=1S/C21H18F3N5O2/c1-2-29(11-17-25-16-6-4-3-5-15(16)20(30)26-17)12-18-27-19(28-31-18)13-7-9-14(10-8-13)21(22,23)24/h3-10H,2,11-12H2,1H3,(H,25,26,30). The third-order valence-corrected chi connectivity index (χ3v) is 4.78. The molecule has 2 aromatic heterocycles. The first-order valence-electron chi connectivity index (χ1n) is 9.54. The summed E-state index contributed by atoms with van der Waals surface area (Å²) in [5, 5.41) is 4.38. The van der Waals surface area contributed by atoms with Crippen molar-refractivity contribution >= 4 is 10.9 Å².